The number of hydrogen-bond acceptors (Lipinski definition) is 4. The highest BCUT2D eigenvalue weighted by molar-refractivity contribution is 6.33. The number of aryl methyl sites for hydroxylation is 1. The topological polar surface area (TPSA) is 74.6 Å². The predicted molar refractivity (Wildman–Crippen MR) is 79.0 cm³/mol. The molecular formula is C15H9ClF4N4O. The molecule has 10 heteroatoms. The third-order valence-electron chi connectivity index (χ3n) is 3.19. The van der Waals surface area contributed by atoms with Crippen LogP contribution in [0.5, 0.6) is 5.75 Å². The predicted octanol–water partition coefficient (Wildman–Crippen LogP) is 4.06. The molecule has 1 aromatic heterocycles. The number of nitrogens with zero attached hydrogens (tertiary/aromatic N) is 4. The van der Waals surface area contributed by atoms with Crippen LogP contribution < -0.4 is 4.74 Å². The first kappa shape index (κ1) is 18.6. The minimum Gasteiger partial charge on any atom is -0.474 e. The average Bonchev–Trinajstić information content (AvgIpc) is 2.82. The molecule has 0 saturated carbocycles. The van der Waals surface area contributed by atoms with Crippen molar-refractivity contribution in [3.63, 3.8) is 0 Å². The first-order valence-electron chi connectivity index (χ1n) is 6.70. The van der Waals surface area contributed by atoms with E-state index in [0.717, 1.165) is 19.2 Å². The van der Waals surface area contributed by atoms with E-state index in [1.165, 1.54) is 6.92 Å². The highest BCUT2D eigenvalue weighted by atomic mass is 35.5. The van der Waals surface area contributed by atoms with E-state index in [2.05, 4.69) is 5.10 Å². The van der Waals surface area contributed by atoms with Crippen LogP contribution in [0.3, 0.4) is 0 Å². The Balaban J connectivity index is 2.67. The Morgan fingerprint density at radius 1 is 1.32 bits per heavy atom. The second-order valence-electron chi connectivity index (χ2n) is 4.96. The molecule has 1 atom stereocenters. The number of nitriles is 2. The summed E-state index contributed by atoms with van der Waals surface area (Å²) >= 11 is 5.75. The summed E-state index contributed by atoms with van der Waals surface area (Å²) in [6.07, 6.45) is -5.75. The van der Waals surface area contributed by atoms with Crippen molar-refractivity contribution in [2.24, 2.45) is 7.05 Å². The van der Waals surface area contributed by atoms with Crippen molar-refractivity contribution in [2.75, 3.05) is 0 Å². The van der Waals surface area contributed by atoms with Gasteiger partial charge in [-0.2, -0.15) is 28.8 Å². The summed E-state index contributed by atoms with van der Waals surface area (Å²) in [5.41, 5.74) is -2.28. The fraction of sp³-hybridized carbons (Fsp3) is 0.267. The molecule has 0 fully saturated rings. The van der Waals surface area contributed by atoms with Crippen LogP contribution in [-0.4, -0.2) is 15.9 Å². The van der Waals surface area contributed by atoms with Crippen LogP contribution in [-0.2, 0) is 13.2 Å². The van der Waals surface area contributed by atoms with Gasteiger partial charge in [-0.1, -0.05) is 11.6 Å². The Morgan fingerprint density at radius 2 is 1.96 bits per heavy atom. The molecule has 0 spiro atoms. The third-order valence-corrected chi connectivity index (χ3v) is 3.55. The lowest BCUT2D eigenvalue weighted by atomic mass is 10.1. The van der Waals surface area contributed by atoms with Crippen LogP contribution in [0.4, 0.5) is 17.6 Å². The van der Waals surface area contributed by atoms with E-state index in [-0.39, 0.29) is 16.9 Å². The van der Waals surface area contributed by atoms with E-state index < -0.39 is 34.5 Å². The normalized spacial score (nSPS) is 12.4. The maximum Gasteiger partial charge on any atom is 0.434 e. The van der Waals surface area contributed by atoms with Crippen molar-refractivity contribution >= 4 is 11.6 Å². The minimum absolute atomic E-state index is 0.164. The Bertz CT molecular complexity index is 908. The molecule has 2 aromatic rings. The molecule has 0 aliphatic rings. The Morgan fingerprint density at radius 3 is 2.44 bits per heavy atom. The molecule has 1 unspecified atom stereocenters. The second kappa shape index (κ2) is 6.61. The highest BCUT2D eigenvalue weighted by Gasteiger charge is 2.39. The molecule has 0 N–H and O–H groups in total. The molecule has 0 aliphatic heterocycles. The highest BCUT2D eigenvalue weighted by Crippen LogP contribution is 2.41. The fourth-order valence-corrected chi connectivity index (χ4v) is 2.48. The summed E-state index contributed by atoms with van der Waals surface area (Å²) in [6.45, 7) is 1.39. The van der Waals surface area contributed by atoms with Crippen LogP contribution in [0.25, 0.3) is 11.3 Å². The van der Waals surface area contributed by atoms with E-state index in [4.69, 9.17) is 26.9 Å². The van der Waals surface area contributed by atoms with E-state index in [0.29, 0.717) is 4.68 Å². The molecular weight excluding hydrogens is 364 g/mol. The lowest BCUT2D eigenvalue weighted by Gasteiger charge is -2.11. The zero-order valence-electron chi connectivity index (χ0n) is 12.8. The molecule has 1 heterocycles. The number of halogens is 5. The largest absolute Gasteiger partial charge is 0.474 e. The zero-order valence-corrected chi connectivity index (χ0v) is 13.6. The fourth-order valence-electron chi connectivity index (χ4n) is 2.11. The Kier molecular flexibility index (Phi) is 4.91. The van der Waals surface area contributed by atoms with Gasteiger partial charge in [0, 0.05) is 12.6 Å². The minimum atomic E-state index is -4.78. The van der Waals surface area contributed by atoms with Crippen molar-refractivity contribution in [3.8, 4) is 29.1 Å². The van der Waals surface area contributed by atoms with Crippen LogP contribution in [0.15, 0.2) is 12.1 Å². The lowest BCUT2D eigenvalue weighted by Crippen LogP contribution is -2.12. The van der Waals surface area contributed by atoms with Crippen molar-refractivity contribution in [2.45, 2.75) is 19.2 Å². The Labute approximate surface area is 144 Å². The van der Waals surface area contributed by atoms with Crippen LogP contribution >= 0.6 is 11.6 Å². The summed E-state index contributed by atoms with van der Waals surface area (Å²) in [7, 11) is 1.02. The quantitative estimate of drug-likeness (QED) is 0.761. The van der Waals surface area contributed by atoms with Gasteiger partial charge in [0.2, 0.25) is 0 Å². The maximum atomic E-state index is 14.3. The van der Waals surface area contributed by atoms with Crippen LogP contribution in [0.1, 0.15) is 18.2 Å². The molecule has 0 bridgehead atoms. The third kappa shape index (κ3) is 3.52. The van der Waals surface area contributed by atoms with Crippen LogP contribution in [0.2, 0.25) is 5.02 Å². The van der Waals surface area contributed by atoms with Crippen molar-refractivity contribution in [1.29, 1.82) is 10.5 Å². The molecule has 0 saturated heterocycles. The van der Waals surface area contributed by atoms with Gasteiger partial charge in [0.05, 0.1) is 10.6 Å². The zero-order chi connectivity index (χ0) is 18.9. The summed E-state index contributed by atoms with van der Waals surface area (Å²) in [5, 5.41) is 20.7. The van der Waals surface area contributed by atoms with Gasteiger partial charge < -0.3 is 4.74 Å². The van der Waals surface area contributed by atoms with Gasteiger partial charge >= 0.3 is 6.18 Å². The number of aromatic nitrogens is 2. The van der Waals surface area contributed by atoms with Gasteiger partial charge in [-0.05, 0) is 19.1 Å². The number of alkyl halides is 3. The number of benzene rings is 1. The SMILES string of the molecule is CC(C#N)Oc1cc(-c2nn(C)c(C(F)(F)F)c2Cl)c(F)cc1C#N. The van der Waals surface area contributed by atoms with E-state index in [1.54, 1.807) is 12.1 Å². The standard InChI is InChI=1S/C15H9ClF4N4O/c1-7(5-21)25-11-4-9(10(17)3-8(11)6-22)13-12(16)14(15(18,19)20)24(2)23-13/h3-4,7H,1-2H3. The molecule has 5 nitrogen and oxygen atoms in total. The van der Waals surface area contributed by atoms with Gasteiger partial charge in [0.1, 0.15) is 29.4 Å². The van der Waals surface area contributed by atoms with E-state index in [1.807, 2.05) is 0 Å². The van der Waals surface area contributed by atoms with Gasteiger partial charge in [-0.25, -0.2) is 4.39 Å². The van der Waals surface area contributed by atoms with Gasteiger partial charge in [0.25, 0.3) is 0 Å². The number of rotatable bonds is 3. The summed E-state index contributed by atoms with van der Waals surface area (Å²) in [6, 6.07) is 5.23. The first-order chi connectivity index (χ1) is 11.6. The summed E-state index contributed by atoms with van der Waals surface area (Å²) in [5.74, 6) is -1.16. The Hall–Kier alpha value is -2.78. The van der Waals surface area contributed by atoms with Gasteiger partial charge in [0.15, 0.2) is 11.8 Å². The van der Waals surface area contributed by atoms with Crippen molar-refractivity contribution < 1.29 is 22.3 Å². The molecule has 2 rings (SSSR count). The van der Waals surface area contributed by atoms with Crippen molar-refractivity contribution in [3.05, 3.63) is 34.2 Å². The van der Waals surface area contributed by atoms with Gasteiger partial charge in [-0.3, -0.25) is 4.68 Å². The van der Waals surface area contributed by atoms with E-state index in [9.17, 15) is 17.6 Å². The number of hydrogen-bond donors (Lipinski definition) is 0. The maximum absolute atomic E-state index is 14.3. The monoisotopic (exact) mass is 372 g/mol. The molecule has 1 aromatic carbocycles. The van der Waals surface area contributed by atoms with Crippen molar-refractivity contribution in [1.82, 2.24) is 9.78 Å². The average molecular weight is 373 g/mol. The van der Waals surface area contributed by atoms with Gasteiger partial charge in [-0.15, -0.1) is 0 Å². The number of ether oxygens (including phenoxy) is 1. The van der Waals surface area contributed by atoms with Crippen LogP contribution in [0, 0.1) is 28.5 Å². The summed E-state index contributed by atoms with van der Waals surface area (Å²) in [4.78, 5) is 0. The molecule has 0 aliphatic carbocycles. The second-order valence-corrected chi connectivity index (χ2v) is 5.34. The molecule has 25 heavy (non-hydrogen) atoms. The molecule has 130 valence electrons. The van der Waals surface area contributed by atoms with E-state index >= 15 is 0 Å². The molecule has 0 radical (unpaired) electrons. The first-order valence-corrected chi connectivity index (χ1v) is 7.08. The lowest BCUT2D eigenvalue weighted by molar-refractivity contribution is -0.143. The summed E-state index contributed by atoms with van der Waals surface area (Å²) < 4.78 is 59.0. The smallest absolute Gasteiger partial charge is 0.434 e. The molecule has 0 amide bonds.